The Balaban J connectivity index is 1.90. The Bertz CT molecular complexity index is 670. The molecule has 122 valence electrons. The first-order valence-corrected chi connectivity index (χ1v) is 7.61. The second-order valence-corrected chi connectivity index (χ2v) is 5.34. The Kier molecular flexibility index (Phi) is 6.29. The zero-order valence-electron chi connectivity index (χ0n) is 13.2. The van der Waals surface area contributed by atoms with Gasteiger partial charge in [0.25, 0.3) is 0 Å². The molecule has 0 spiro atoms. The Labute approximate surface area is 140 Å². The summed E-state index contributed by atoms with van der Waals surface area (Å²) in [5.41, 5.74) is 1.70. The zero-order chi connectivity index (χ0) is 16.7. The van der Waals surface area contributed by atoms with Crippen LogP contribution in [0.15, 0.2) is 42.5 Å². The van der Waals surface area contributed by atoms with Gasteiger partial charge in [0.15, 0.2) is 0 Å². The van der Waals surface area contributed by atoms with Crippen LogP contribution in [-0.4, -0.2) is 20.2 Å². The second kappa shape index (κ2) is 8.44. The maximum absolute atomic E-state index is 11.9. The summed E-state index contributed by atoms with van der Waals surface area (Å²) in [7, 11) is 3.16. The molecule has 0 amide bonds. The van der Waals surface area contributed by atoms with Crippen molar-refractivity contribution in [2.24, 2.45) is 0 Å². The molecular weight excluding hydrogens is 316 g/mol. The number of hydrogen-bond acceptors (Lipinski definition) is 4. The van der Waals surface area contributed by atoms with E-state index >= 15 is 0 Å². The van der Waals surface area contributed by atoms with Crippen LogP contribution >= 0.6 is 11.6 Å². The fourth-order valence-electron chi connectivity index (χ4n) is 2.16. The lowest BCUT2D eigenvalue weighted by Crippen LogP contribution is -2.07. The minimum Gasteiger partial charge on any atom is -0.497 e. The molecule has 0 aromatic heterocycles. The molecule has 0 N–H and O–H groups in total. The van der Waals surface area contributed by atoms with Crippen LogP contribution in [0.4, 0.5) is 0 Å². The van der Waals surface area contributed by atoms with Gasteiger partial charge in [-0.1, -0.05) is 29.8 Å². The van der Waals surface area contributed by atoms with Crippen molar-refractivity contribution >= 4 is 17.6 Å². The number of halogens is 1. The third-order valence-electron chi connectivity index (χ3n) is 3.43. The van der Waals surface area contributed by atoms with Gasteiger partial charge in [0, 0.05) is 17.0 Å². The molecule has 0 radical (unpaired) electrons. The maximum atomic E-state index is 11.9. The standard InChI is InChI=1S/C18H19ClO4/c1-21-15-8-9-17(22-2)14(11-15)12-23-18(20)10-7-13-5-3-4-6-16(13)19/h3-6,8-9,11H,7,10,12H2,1-2H3. The smallest absolute Gasteiger partial charge is 0.306 e. The number of esters is 1. The number of benzene rings is 2. The summed E-state index contributed by atoms with van der Waals surface area (Å²) in [6.07, 6.45) is 0.823. The van der Waals surface area contributed by atoms with Gasteiger partial charge in [0.2, 0.25) is 0 Å². The summed E-state index contributed by atoms with van der Waals surface area (Å²) in [6, 6.07) is 12.8. The second-order valence-electron chi connectivity index (χ2n) is 4.93. The fraction of sp³-hybridized carbons (Fsp3) is 0.278. The molecule has 0 fully saturated rings. The highest BCUT2D eigenvalue weighted by molar-refractivity contribution is 6.31. The molecule has 0 aliphatic carbocycles. The van der Waals surface area contributed by atoms with Gasteiger partial charge in [-0.25, -0.2) is 0 Å². The van der Waals surface area contributed by atoms with Crippen molar-refractivity contribution in [3.05, 3.63) is 58.6 Å². The highest BCUT2D eigenvalue weighted by atomic mass is 35.5. The van der Waals surface area contributed by atoms with Gasteiger partial charge < -0.3 is 14.2 Å². The summed E-state index contributed by atoms with van der Waals surface area (Å²) in [4.78, 5) is 11.9. The molecule has 5 heteroatoms. The number of methoxy groups -OCH3 is 2. The van der Waals surface area contributed by atoms with E-state index in [4.69, 9.17) is 25.8 Å². The van der Waals surface area contributed by atoms with E-state index in [1.807, 2.05) is 24.3 Å². The van der Waals surface area contributed by atoms with Gasteiger partial charge in [-0.3, -0.25) is 4.79 Å². The van der Waals surface area contributed by atoms with Crippen LogP contribution in [0.5, 0.6) is 11.5 Å². The number of carbonyl (C=O) groups is 1. The molecular formula is C18H19ClO4. The van der Waals surface area contributed by atoms with Crippen LogP contribution in [0.1, 0.15) is 17.5 Å². The van der Waals surface area contributed by atoms with Crippen molar-refractivity contribution in [1.29, 1.82) is 0 Å². The lowest BCUT2D eigenvalue weighted by atomic mass is 10.1. The first kappa shape index (κ1) is 17.2. The van der Waals surface area contributed by atoms with Gasteiger partial charge >= 0.3 is 5.97 Å². The Morgan fingerprint density at radius 2 is 1.83 bits per heavy atom. The lowest BCUT2D eigenvalue weighted by molar-refractivity contribution is -0.144. The SMILES string of the molecule is COc1ccc(OC)c(COC(=O)CCc2ccccc2Cl)c1. The average molecular weight is 335 g/mol. The number of rotatable bonds is 7. The van der Waals surface area contributed by atoms with Crippen LogP contribution in [0.25, 0.3) is 0 Å². The first-order valence-electron chi connectivity index (χ1n) is 7.24. The third kappa shape index (κ3) is 4.89. The van der Waals surface area contributed by atoms with E-state index in [1.54, 1.807) is 32.4 Å². The third-order valence-corrected chi connectivity index (χ3v) is 3.80. The van der Waals surface area contributed by atoms with Gasteiger partial charge in [-0.2, -0.15) is 0 Å². The predicted molar refractivity (Wildman–Crippen MR) is 89.1 cm³/mol. The Hall–Kier alpha value is -2.20. The van der Waals surface area contributed by atoms with E-state index < -0.39 is 0 Å². The average Bonchev–Trinajstić information content (AvgIpc) is 2.58. The van der Waals surface area contributed by atoms with Crippen molar-refractivity contribution in [2.75, 3.05) is 14.2 Å². The van der Waals surface area contributed by atoms with Gasteiger partial charge in [-0.05, 0) is 36.2 Å². The summed E-state index contributed by atoms with van der Waals surface area (Å²) >= 11 is 6.07. The molecule has 0 heterocycles. The topological polar surface area (TPSA) is 44.8 Å². The zero-order valence-corrected chi connectivity index (χ0v) is 13.9. The number of carbonyl (C=O) groups excluding carboxylic acids is 1. The number of aryl methyl sites for hydroxylation is 1. The highest BCUT2D eigenvalue weighted by Gasteiger charge is 2.10. The fourth-order valence-corrected chi connectivity index (χ4v) is 2.39. The summed E-state index contributed by atoms with van der Waals surface area (Å²) in [5, 5.41) is 0.662. The molecule has 0 unspecified atom stereocenters. The Morgan fingerprint density at radius 3 is 2.52 bits per heavy atom. The maximum Gasteiger partial charge on any atom is 0.306 e. The predicted octanol–water partition coefficient (Wildman–Crippen LogP) is 4.03. The van der Waals surface area contributed by atoms with Gasteiger partial charge in [0.05, 0.1) is 14.2 Å². The largest absolute Gasteiger partial charge is 0.497 e. The van der Waals surface area contributed by atoms with Crippen LogP contribution in [0.2, 0.25) is 5.02 Å². The molecule has 2 rings (SSSR count). The van der Waals surface area contributed by atoms with Crippen LogP contribution in [-0.2, 0) is 22.6 Å². The van der Waals surface area contributed by atoms with Crippen molar-refractivity contribution in [3.63, 3.8) is 0 Å². The highest BCUT2D eigenvalue weighted by Crippen LogP contribution is 2.25. The summed E-state index contributed by atoms with van der Waals surface area (Å²) in [5.74, 6) is 1.06. The first-order chi connectivity index (χ1) is 11.1. The quantitative estimate of drug-likeness (QED) is 0.717. The van der Waals surface area contributed by atoms with Crippen molar-refractivity contribution in [1.82, 2.24) is 0 Å². The molecule has 0 saturated heterocycles. The van der Waals surface area contributed by atoms with E-state index in [-0.39, 0.29) is 19.0 Å². The normalized spacial score (nSPS) is 10.2. The molecule has 0 saturated carbocycles. The molecule has 23 heavy (non-hydrogen) atoms. The van der Waals surface area contributed by atoms with Crippen molar-refractivity contribution < 1.29 is 19.0 Å². The molecule has 0 aliphatic heterocycles. The van der Waals surface area contributed by atoms with Crippen molar-refractivity contribution in [2.45, 2.75) is 19.4 Å². The molecule has 0 aliphatic rings. The van der Waals surface area contributed by atoms with E-state index in [2.05, 4.69) is 0 Å². The minimum atomic E-state index is -0.283. The minimum absolute atomic E-state index is 0.141. The molecule has 4 nitrogen and oxygen atoms in total. The van der Waals surface area contributed by atoms with E-state index in [0.717, 1.165) is 11.1 Å². The van der Waals surface area contributed by atoms with E-state index in [0.29, 0.717) is 22.9 Å². The van der Waals surface area contributed by atoms with Gasteiger partial charge in [-0.15, -0.1) is 0 Å². The Morgan fingerprint density at radius 1 is 1.04 bits per heavy atom. The van der Waals surface area contributed by atoms with E-state index in [9.17, 15) is 4.79 Å². The van der Waals surface area contributed by atoms with Crippen LogP contribution < -0.4 is 9.47 Å². The molecule has 2 aromatic rings. The van der Waals surface area contributed by atoms with Crippen LogP contribution in [0.3, 0.4) is 0 Å². The lowest BCUT2D eigenvalue weighted by Gasteiger charge is -2.11. The van der Waals surface area contributed by atoms with E-state index in [1.165, 1.54) is 0 Å². The molecule has 0 atom stereocenters. The monoisotopic (exact) mass is 334 g/mol. The summed E-state index contributed by atoms with van der Waals surface area (Å²) < 4.78 is 15.7. The van der Waals surface area contributed by atoms with Crippen molar-refractivity contribution in [3.8, 4) is 11.5 Å². The van der Waals surface area contributed by atoms with Crippen LogP contribution in [0, 0.1) is 0 Å². The molecule has 0 bridgehead atoms. The number of ether oxygens (including phenoxy) is 3. The number of hydrogen-bond donors (Lipinski definition) is 0. The molecule has 2 aromatic carbocycles. The summed E-state index contributed by atoms with van der Waals surface area (Å²) in [6.45, 7) is 0.141. The van der Waals surface area contributed by atoms with Gasteiger partial charge in [0.1, 0.15) is 18.1 Å².